The van der Waals surface area contributed by atoms with E-state index in [1.54, 1.807) is 5.38 Å². The molecule has 1 aliphatic rings. The van der Waals surface area contributed by atoms with Crippen molar-refractivity contribution in [2.24, 2.45) is 5.92 Å². The number of carbonyl (C=O) groups is 2. The maximum atomic E-state index is 12.6. The number of nitrogens with zero attached hydrogens (tertiary/aromatic N) is 3. The number of thiazole rings is 1. The van der Waals surface area contributed by atoms with E-state index in [1.807, 2.05) is 18.7 Å². The van der Waals surface area contributed by atoms with Gasteiger partial charge in [0.05, 0.1) is 11.0 Å². The summed E-state index contributed by atoms with van der Waals surface area (Å²) < 4.78 is 5.14. The van der Waals surface area contributed by atoms with Crippen molar-refractivity contribution in [2.45, 2.75) is 32.6 Å². The third-order valence-corrected chi connectivity index (χ3v) is 5.86. The normalized spacial score (nSPS) is 14.6. The van der Waals surface area contributed by atoms with Crippen LogP contribution in [-0.2, 0) is 11.3 Å². The number of non-ortho nitro benzene ring substituents is 1. The second-order valence-corrected chi connectivity index (χ2v) is 8.62. The van der Waals surface area contributed by atoms with Crippen LogP contribution in [0.2, 0.25) is 0 Å². The summed E-state index contributed by atoms with van der Waals surface area (Å²) in [5.41, 5.74) is 0.870. The number of alkyl carbamates (subject to hydrolysis) is 1. The van der Waals surface area contributed by atoms with Crippen LogP contribution in [-0.4, -0.2) is 58.8 Å². The van der Waals surface area contributed by atoms with E-state index in [-0.39, 0.29) is 48.5 Å². The molecule has 1 fully saturated rings. The van der Waals surface area contributed by atoms with Gasteiger partial charge in [-0.3, -0.25) is 14.9 Å². The van der Waals surface area contributed by atoms with Gasteiger partial charge in [0, 0.05) is 43.2 Å². The second-order valence-electron chi connectivity index (χ2n) is 7.78. The van der Waals surface area contributed by atoms with Gasteiger partial charge in [-0.15, -0.1) is 11.3 Å². The maximum Gasteiger partial charge on any atom is 0.407 e. The number of rotatable bonds is 9. The molecule has 0 bridgehead atoms. The Morgan fingerprint density at radius 3 is 2.62 bits per heavy atom. The number of hydrogen-bond donors (Lipinski definition) is 3. The molecule has 3 N–H and O–H groups in total. The highest BCUT2D eigenvalue weighted by Crippen LogP contribution is 2.25. The number of nitro benzene ring substituents is 1. The van der Waals surface area contributed by atoms with Crippen molar-refractivity contribution >= 4 is 34.2 Å². The average molecular weight is 464 g/mol. The molecular formula is C20H25N5O6S. The van der Waals surface area contributed by atoms with E-state index in [9.17, 15) is 24.8 Å². The smallest absolute Gasteiger partial charge is 0.407 e. The molecule has 2 aromatic rings. The van der Waals surface area contributed by atoms with Crippen LogP contribution >= 0.6 is 11.3 Å². The van der Waals surface area contributed by atoms with Crippen molar-refractivity contribution in [3.63, 3.8) is 0 Å². The number of ether oxygens (including phenoxy) is 1. The summed E-state index contributed by atoms with van der Waals surface area (Å²) in [5, 5.41) is 27.9. The van der Waals surface area contributed by atoms with Gasteiger partial charge in [-0.25, -0.2) is 9.78 Å². The molecule has 32 heavy (non-hydrogen) atoms. The first-order chi connectivity index (χ1) is 15.2. The van der Waals surface area contributed by atoms with E-state index < -0.39 is 11.0 Å². The molecule has 1 saturated heterocycles. The number of β-amino-alcohol motifs (C(OH)–C–C–N with tert-alkyl or cyclic N) is 1. The van der Waals surface area contributed by atoms with Crippen LogP contribution in [0.4, 0.5) is 15.6 Å². The number of anilines is 1. The van der Waals surface area contributed by atoms with Crippen LogP contribution < -0.4 is 15.5 Å². The Kier molecular flexibility index (Phi) is 7.59. The molecule has 0 saturated carbocycles. The minimum Gasteiger partial charge on any atom is -0.445 e. The molecule has 12 heteroatoms. The number of carbonyl (C=O) groups excluding carboxylic acids is 2. The zero-order valence-corrected chi connectivity index (χ0v) is 18.5. The molecule has 0 spiro atoms. The van der Waals surface area contributed by atoms with Crippen molar-refractivity contribution in [1.82, 2.24) is 15.6 Å². The maximum absolute atomic E-state index is 12.6. The Bertz CT molecular complexity index is 958. The Morgan fingerprint density at radius 1 is 1.34 bits per heavy atom. The molecular weight excluding hydrogens is 438 g/mol. The predicted molar refractivity (Wildman–Crippen MR) is 118 cm³/mol. The first-order valence-electron chi connectivity index (χ1n) is 10.1. The summed E-state index contributed by atoms with van der Waals surface area (Å²) >= 11 is 1.34. The van der Waals surface area contributed by atoms with Gasteiger partial charge in [-0.2, -0.15) is 0 Å². The van der Waals surface area contributed by atoms with E-state index in [1.165, 1.54) is 35.6 Å². The van der Waals surface area contributed by atoms with E-state index in [2.05, 4.69) is 15.6 Å². The number of nitro groups is 1. The molecule has 1 atom stereocenters. The van der Waals surface area contributed by atoms with Gasteiger partial charge < -0.3 is 25.4 Å². The van der Waals surface area contributed by atoms with Crippen LogP contribution in [0.1, 0.15) is 29.9 Å². The van der Waals surface area contributed by atoms with E-state index >= 15 is 0 Å². The third-order valence-electron chi connectivity index (χ3n) is 4.96. The molecule has 1 aromatic heterocycles. The summed E-state index contributed by atoms with van der Waals surface area (Å²) in [7, 11) is 0. The van der Waals surface area contributed by atoms with Crippen molar-refractivity contribution in [3.05, 3.63) is 51.0 Å². The first-order valence-corrected chi connectivity index (χ1v) is 10.9. The van der Waals surface area contributed by atoms with Crippen LogP contribution in [0.15, 0.2) is 29.6 Å². The summed E-state index contributed by atoms with van der Waals surface area (Å²) in [6.07, 6.45) is -1.01. The lowest BCUT2D eigenvalue weighted by Gasteiger charge is -2.35. The Labute approximate surface area is 188 Å². The lowest BCUT2D eigenvalue weighted by atomic mass is 10.0. The lowest BCUT2D eigenvalue weighted by molar-refractivity contribution is -0.384. The summed E-state index contributed by atoms with van der Waals surface area (Å²) in [6, 6.07) is 5.38. The summed E-state index contributed by atoms with van der Waals surface area (Å²) in [4.78, 5) is 41.0. The van der Waals surface area contributed by atoms with E-state index in [0.29, 0.717) is 23.8 Å². The summed E-state index contributed by atoms with van der Waals surface area (Å²) in [5.74, 6) is -0.300. The number of amides is 2. The molecule has 2 heterocycles. The predicted octanol–water partition coefficient (Wildman–Crippen LogP) is 1.91. The summed E-state index contributed by atoms with van der Waals surface area (Å²) in [6.45, 7) is 4.99. The Balaban J connectivity index is 1.45. The highest BCUT2D eigenvalue weighted by Gasteiger charge is 2.28. The SMILES string of the molecule is CC(C)[C@@H](CNC(=O)OCc1ccc([N+](=O)[O-])cc1)NC(=O)c1csc(N2CC(O)C2)n1. The molecule has 0 unspecified atom stereocenters. The van der Waals surface area contributed by atoms with Crippen LogP contribution in [0.3, 0.4) is 0 Å². The fourth-order valence-corrected chi connectivity index (χ4v) is 3.75. The lowest BCUT2D eigenvalue weighted by Crippen LogP contribution is -2.50. The minimum absolute atomic E-state index is 0.0324. The number of nitrogens with one attached hydrogen (secondary N) is 2. The van der Waals surface area contributed by atoms with Gasteiger partial charge in [-0.05, 0) is 23.6 Å². The molecule has 3 rings (SSSR count). The van der Waals surface area contributed by atoms with Crippen LogP contribution in [0, 0.1) is 16.0 Å². The minimum atomic E-state index is -0.657. The Morgan fingerprint density at radius 2 is 2.03 bits per heavy atom. The first kappa shape index (κ1) is 23.4. The molecule has 2 amide bonds. The fraction of sp³-hybridized carbons (Fsp3) is 0.450. The van der Waals surface area contributed by atoms with Gasteiger partial charge in [0.1, 0.15) is 12.3 Å². The topological polar surface area (TPSA) is 147 Å². The highest BCUT2D eigenvalue weighted by atomic mass is 32.1. The molecule has 0 radical (unpaired) electrons. The van der Waals surface area contributed by atoms with Crippen molar-refractivity contribution < 1.29 is 24.4 Å². The molecule has 11 nitrogen and oxygen atoms in total. The zero-order valence-electron chi connectivity index (χ0n) is 17.7. The van der Waals surface area contributed by atoms with Gasteiger partial charge in [0.2, 0.25) is 0 Å². The van der Waals surface area contributed by atoms with Crippen molar-refractivity contribution in [2.75, 3.05) is 24.5 Å². The second kappa shape index (κ2) is 10.4. The van der Waals surface area contributed by atoms with Crippen molar-refractivity contribution in [3.8, 4) is 0 Å². The van der Waals surface area contributed by atoms with Crippen molar-refractivity contribution in [1.29, 1.82) is 0 Å². The number of aromatic nitrogens is 1. The Hall–Kier alpha value is -3.25. The van der Waals surface area contributed by atoms with Gasteiger partial charge in [0.15, 0.2) is 5.13 Å². The molecule has 172 valence electrons. The highest BCUT2D eigenvalue weighted by molar-refractivity contribution is 7.14. The molecule has 0 aliphatic carbocycles. The molecule has 1 aromatic carbocycles. The third kappa shape index (κ3) is 6.14. The zero-order chi connectivity index (χ0) is 23.3. The van der Waals surface area contributed by atoms with E-state index in [0.717, 1.165) is 0 Å². The largest absolute Gasteiger partial charge is 0.445 e. The number of hydrogen-bond acceptors (Lipinski definition) is 9. The molecule has 1 aliphatic heterocycles. The average Bonchev–Trinajstić information content (AvgIpc) is 3.22. The number of benzene rings is 1. The van der Waals surface area contributed by atoms with Gasteiger partial charge >= 0.3 is 6.09 Å². The quantitative estimate of drug-likeness (QED) is 0.377. The van der Waals surface area contributed by atoms with Gasteiger partial charge in [-0.1, -0.05) is 13.8 Å². The monoisotopic (exact) mass is 463 g/mol. The number of aliphatic hydroxyl groups excluding tert-OH is 1. The fourth-order valence-electron chi connectivity index (χ4n) is 2.93. The van der Waals surface area contributed by atoms with Gasteiger partial charge in [0.25, 0.3) is 11.6 Å². The van der Waals surface area contributed by atoms with Crippen LogP contribution in [0.5, 0.6) is 0 Å². The van der Waals surface area contributed by atoms with E-state index in [4.69, 9.17) is 4.74 Å². The number of aliphatic hydroxyl groups is 1. The van der Waals surface area contributed by atoms with Crippen LogP contribution in [0.25, 0.3) is 0 Å². The standard InChI is InChI=1S/C20H25N5O6S/c1-12(2)16(22-18(27)17-11-32-19(23-17)24-8-15(26)9-24)7-21-20(28)31-10-13-3-5-14(6-4-13)25(29)30/h3-6,11-12,15-16,26H,7-10H2,1-2H3,(H,21,28)(H,22,27)/t16-/m1/s1.